The number of ether oxygens (including phenoxy) is 2. The molecule has 1 atom stereocenters. The predicted molar refractivity (Wildman–Crippen MR) is 125 cm³/mol. The van der Waals surface area contributed by atoms with Crippen molar-refractivity contribution in [3.63, 3.8) is 0 Å². The number of anilines is 1. The van der Waals surface area contributed by atoms with Gasteiger partial charge in [0.25, 0.3) is 11.8 Å². The molecule has 2 aliphatic rings. The number of rotatable bonds is 5. The Hall–Kier alpha value is -4.27. The topological polar surface area (TPSA) is 116 Å². The molecule has 174 valence electrons. The normalized spacial score (nSPS) is 16.9. The summed E-state index contributed by atoms with van der Waals surface area (Å²) in [6, 6.07) is 11.3. The standard InChI is InChI=1S/C25H24N4O5/c1-13(30)29-11-17-24(25(29)32)22(14-7-8-19(33-3)20(9-14)34-12-21(26)31)15-10-28(2)18-6-4-5-16(27-17)23(15)18/h4-10,22,27H,11-12H2,1-3H3,(H2,26,31). The molecule has 9 nitrogen and oxygen atoms in total. The summed E-state index contributed by atoms with van der Waals surface area (Å²) in [4.78, 5) is 38.3. The van der Waals surface area contributed by atoms with Crippen molar-refractivity contribution in [1.29, 1.82) is 0 Å². The summed E-state index contributed by atoms with van der Waals surface area (Å²) < 4.78 is 13.0. The molecule has 0 aliphatic carbocycles. The molecule has 2 aromatic carbocycles. The Labute approximate surface area is 195 Å². The van der Waals surface area contributed by atoms with E-state index >= 15 is 0 Å². The van der Waals surface area contributed by atoms with E-state index in [1.807, 2.05) is 42.1 Å². The highest BCUT2D eigenvalue weighted by atomic mass is 16.5. The molecule has 3 heterocycles. The van der Waals surface area contributed by atoms with Crippen LogP contribution in [0.5, 0.6) is 11.5 Å². The van der Waals surface area contributed by atoms with Crippen molar-refractivity contribution in [3.8, 4) is 11.5 Å². The Morgan fingerprint density at radius 1 is 1.21 bits per heavy atom. The second kappa shape index (κ2) is 7.95. The molecule has 3 N–H and O–H groups in total. The molecule has 34 heavy (non-hydrogen) atoms. The molecule has 0 fully saturated rings. The van der Waals surface area contributed by atoms with Gasteiger partial charge in [0.1, 0.15) is 0 Å². The number of aromatic nitrogens is 1. The Morgan fingerprint density at radius 3 is 2.71 bits per heavy atom. The molecule has 0 saturated heterocycles. The number of primary amides is 1. The number of methoxy groups -OCH3 is 1. The van der Waals surface area contributed by atoms with Gasteiger partial charge in [0.15, 0.2) is 18.1 Å². The van der Waals surface area contributed by atoms with E-state index in [1.165, 1.54) is 18.9 Å². The summed E-state index contributed by atoms with van der Waals surface area (Å²) in [5, 5.41) is 4.43. The van der Waals surface area contributed by atoms with E-state index in [4.69, 9.17) is 15.2 Å². The van der Waals surface area contributed by atoms with E-state index in [9.17, 15) is 14.4 Å². The molecule has 5 rings (SSSR count). The number of aryl methyl sites for hydroxylation is 1. The summed E-state index contributed by atoms with van der Waals surface area (Å²) in [6.07, 6.45) is 2.01. The minimum absolute atomic E-state index is 0.175. The Bertz CT molecular complexity index is 1400. The summed E-state index contributed by atoms with van der Waals surface area (Å²) in [5.74, 6) is -0.961. The Morgan fingerprint density at radius 2 is 2.00 bits per heavy atom. The number of carbonyl (C=O) groups is 3. The van der Waals surface area contributed by atoms with Crippen LogP contribution in [0.2, 0.25) is 0 Å². The van der Waals surface area contributed by atoms with Gasteiger partial charge in [-0.15, -0.1) is 0 Å². The van der Waals surface area contributed by atoms with Gasteiger partial charge in [0.05, 0.1) is 24.7 Å². The third-order valence-electron chi connectivity index (χ3n) is 6.32. The lowest BCUT2D eigenvalue weighted by atomic mass is 9.84. The number of amides is 3. The van der Waals surface area contributed by atoms with E-state index < -0.39 is 11.8 Å². The Balaban J connectivity index is 1.74. The smallest absolute Gasteiger partial charge is 0.259 e. The van der Waals surface area contributed by atoms with Crippen LogP contribution in [0.15, 0.2) is 53.9 Å². The first-order valence-corrected chi connectivity index (χ1v) is 10.8. The van der Waals surface area contributed by atoms with E-state index in [-0.39, 0.29) is 25.0 Å². The van der Waals surface area contributed by atoms with Gasteiger partial charge < -0.3 is 25.1 Å². The van der Waals surface area contributed by atoms with Crippen molar-refractivity contribution in [2.75, 3.05) is 25.6 Å². The number of carbonyl (C=O) groups excluding carboxylic acids is 3. The number of imide groups is 1. The van der Waals surface area contributed by atoms with E-state index in [0.717, 1.165) is 27.7 Å². The number of hydrogen-bond donors (Lipinski definition) is 2. The number of benzene rings is 2. The zero-order valence-corrected chi connectivity index (χ0v) is 19.0. The molecule has 0 saturated carbocycles. The number of nitrogens with zero attached hydrogens (tertiary/aromatic N) is 2. The highest BCUT2D eigenvalue weighted by Crippen LogP contribution is 2.47. The number of hydrogen-bond acceptors (Lipinski definition) is 6. The lowest BCUT2D eigenvalue weighted by Crippen LogP contribution is -2.33. The van der Waals surface area contributed by atoms with Crippen molar-refractivity contribution >= 4 is 34.3 Å². The van der Waals surface area contributed by atoms with Gasteiger partial charge >= 0.3 is 0 Å². The van der Waals surface area contributed by atoms with Gasteiger partial charge in [0.2, 0.25) is 5.91 Å². The van der Waals surface area contributed by atoms with Crippen molar-refractivity contribution in [1.82, 2.24) is 9.47 Å². The first-order chi connectivity index (χ1) is 16.3. The van der Waals surface area contributed by atoms with Crippen LogP contribution in [-0.2, 0) is 21.4 Å². The molecular formula is C25H24N4O5. The van der Waals surface area contributed by atoms with Crippen LogP contribution in [-0.4, -0.2) is 47.4 Å². The van der Waals surface area contributed by atoms with Crippen LogP contribution < -0.4 is 20.5 Å². The molecule has 2 aliphatic heterocycles. The van der Waals surface area contributed by atoms with Gasteiger partial charge in [-0.1, -0.05) is 12.1 Å². The number of nitrogens with two attached hydrogens (primary N) is 1. The third kappa shape index (κ3) is 3.28. The van der Waals surface area contributed by atoms with Gasteiger partial charge in [-0.3, -0.25) is 19.3 Å². The molecular weight excluding hydrogens is 436 g/mol. The van der Waals surface area contributed by atoms with Crippen LogP contribution in [0.25, 0.3) is 10.9 Å². The highest BCUT2D eigenvalue weighted by molar-refractivity contribution is 6.11. The highest BCUT2D eigenvalue weighted by Gasteiger charge is 2.41. The average Bonchev–Trinajstić information content (AvgIpc) is 3.26. The minimum Gasteiger partial charge on any atom is -0.493 e. The maximum absolute atomic E-state index is 13.5. The summed E-state index contributed by atoms with van der Waals surface area (Å²) in [7, 11) is 3.46. The number of nitrogens with one attached hydrogen (secondary N) is 1. The quantitative estimate of drug-likeness (QED) is 0.603. The van der Waals surface area contributed by atoms with Crippen LogP contribution in [0.3, 0.4) is 0 Å². The first-order valence-electron chi connectivity index (χ1n) is 10.8. The van der Waals surface area contributed by atoms with Gasteiger partial charge in [-0.05, 0) is 35.4 Å². The van der Waals surface area contributed by atoms with Crippen LogP contribution >= 0.6 is 0 Å². The summed E-state index contributed by atoms with van der Waals surface area (Å²) >= 11 is 0. The van der Waals surface area contributed by atoms with E-state index in [2.05, 4.69) is 5.32 Å². The minimum atomic E-state index is -0.613. The third-order valence-corrected chi connectivity index (χ3v) is 6.32. The molecule has 3 aromatic rings. The van der Waals surface area contributed by atoms with Crippen molar-refractivity contribution in [2.45, 2.75) is 12.8 Å². The molecule has 0 spiro atoms. The summed E-state index contributed by atoms with van der Waals surface area (Å²) in [6.45, 7) is 1.25. The van der Waals surface area contributed by atoms with E-state index in [1.54, 1.807) is 12.1 Å². The molecule has 9 heteroatoms. The second-order valence-electron chi connectivity index (χ2n) is 8.42. The van der Waals surface area contributed by atoms with Gasteiger partial charge in [-0.25, -0.2) is 0 Å². The maximum Gasteiger partial charge on any atom is 0.259 e. The molecule has 0 radical (unpaired) electrons. The maximum atomic E-state index is 13.5. The van der Waals surface area contributed by atoms with Gasteiger partial charge in [0, 0.05) is 42.9 Å². The average molecular weight is 460 g/mol. The van der Waals surface area contributed by atoms with Crippen molar-refractivity contribution in [2.24, 2.45) is 12.8 Å². The zero-order valence-electron chi connectivity index (χ0n) is 19.0. The second-order valence-corrected chi connectivity index (χ2v) is 8.42. The SMILES string of the molecule is COc1ccc(C2C3=C(CN(C(C)=O)C3=O)Nc3cccc4c3c2cn4C)cc1OCC(N)=O. The van der Waals surface area contributed by atoms with Crippen molar-refractivity contribution < 1.29 is 23.9 Å². The fourth-order valence-electron chi connectivity index (χ4n) is 4.85. The first kappa shape index (κ1) is 21.6. The molecule has 3 amide bonds. The lowest BCUT2D eigenvalue weighted by Gasteiger charge is -2.21. The zero-order chi connectivity index (χ0) is 24.1. The molecule has 1 unspecified atom stereocenters. The fourth-order valence-corrected chi connectivity index (χ4v) is 4.85. The summed E-state index contributed by atoms with van der Waals surface area (Å²) in [5.41, 5.74) is 10.0. The van der Waals surface area contributed by atoms with Gasteiger partial charge in [-0.2, -0.15) is 0 Å². The van der Waals surface area contributed by atoms with E-state index in [0.29, 0.717) is 22.8 Å². The molecule has 1 aromatic heterocycles. The Kier molecular flexibility index (Phi) is 5.04. The van der Waals surface area contributed by atoms with Crippen LogP contribution in [0.1, 0.15) is 24.0 Å². The largest absolute Gasteiger partial charge is 0.493 e. The monoisotopic (exact) mass is 460 g/mol. The van der Waals surface area contributed by atoms with Crippen LogP contribution in [0.4, 0.5) is 5.69 Å². The predicted octanol–water partition coefficient (Wildman–Crippen LogP) is 2.25. The molecule has 0 bridgehead atoms. The lowest BCUT2D eigenvalue weighted by molar-refractivity contribution is -0.139. The van der Waals surface area contributed by atoms with Crippen molar-refractivity contribution in [3.05, 3.63) is 65.0 Å². The fraction of sp³-hybridized carbons (Fsp3) is 0.240. The van der Waals surface area contributed by atoms with Crippen LogP contribution in [0, 0.1) is 0 Å².